The largest absolute Gasteiger partial charge is 0.488 e. The number of thiazole rings is 1. The summed E-state index contributed by atoms with van der Waals surface area (Å²) in [6.07, 6.45) is 0.777. The van der Waals surface area contributed by atoms with Gasteiger partial charge in [0, 0.05) is 10.9 Å². The highest BCUT2D eigenvalue weighted by Crippen LogP contribution is 2.33. The second-order valence-corrected chi connectivity index (χ2v) is 6.29. The highest BCUT2D eigenvalue weighted by atomic mass is 32.1. The quantitative estimate of drug-likeness (QED) is 0.632. The van der Waals surface area contributed by atoms with Crippen LogP contribution in [0.15, 0.2) is 47.8 Å². The molecule has 0 atom stereocenters. The maximum absolute atomic E-state index is 10.9. The Bertz CT molecular complexity index is 825. The Labute approximate surface area is 139 Å². The summed E-state index contributed by atoms with van der Waals surface area (Å²) in [7, 11) is 0. The molecule has 0 aliphatic rings. The molecule has 0 amide bonds. The van der Waals surface area contributed by atoms with Crippen LogP contribution in [0.3, 0.4) is 0 Å². The molecular formula is C19H17NO2S. The molecule has 2 aromatic carbocycles. The van der Waals surface area contributed by atoms with Crippen LogP contribution in [0.4, 0.5) is 0 Å². The van der Waals surface area contributed by atoms with Gasteiger partial charge in [-0.3, -0.25) is 4.79 Å². The van der Waals surface area contributed by atoms with Crippen molar-refractivity contribution in [2.45, 2.75) is 20.5 Å². The minimum absolute atomic E-state index is 0.479. The van der Waals surface area contributed by atoms with Crippen molar-refractivity contribution in [3.05, 3.63) is 69.5 Å². The number of aldehydes is 1. The first kappa shape index (κ1) is 15.4. The number of hydrogen-bond donors (Lipinski definition) is 0. The van der Waals surface area contributed by atoms with Crippen molar-refractivity contribution >= 4 is 17.6 Å². The lowest BCUT2D eigenvalue weighted by molar-refractivity contribution is 0.112. The van der Waals surface area contributed by atoms with Crippen LogP contribution in [0.25, 0.3) is 11.3 Å². The molecule has 0 saturated heterocycles. The number of aryl methyl sites for hydroxylation is 2. The molecular weight excluding hydrogens is 306 g/mol. The van der Waals surface area contributed by atoms with Gasteiger partial charge in [-0.15, -0.1) is 11.3 Å². The second kappa shape index (κ2) is 6.75. The zero-order valence-electron chi connectivity index (χ0n) is 13.1. The monoisotopic (exact) mass is 323 g/mol. The molecule has 0 N–H and O–H groups in total. The number of carbonyl (C=O) groups excluding carboxylic acids is 1. The van der Waals surface area contributed by atoms with Gasteiger partial charge in [-0.05, 0) is 42.7 Å². The van der Waals surface area contributed by atoms with Crippen molar-refractivity contribution in [2.75, 3.05) is 0 Å². The average Bonchev–Trinajstić information content (AvgIpc) is 3.05. The van der Waals surface area contributed by atoms with Crippen molar-refractivity contribution in [2.24, 2.45) is 0 Å². The number of carbonyl (C=O) groups is 1. The van der Waals surface area contributed by atoms with Gasteiger partial charge in [0.05, 0.1) is 5.69 Å². The molecule has 0 saturated carbocycles. The van der Waals surface area contributed by atoms with Gasteiger partial charge in [-0.2, -0.15) is 0 Å². The highest BCUT2D eigenvalue weighted by molar-refractivity contribution is 7.11. The van der Waals surface area contributed by atoms with Crippen LogP contribution in [0, 0.1) is 13.8 Å². The fraction of sp³-hybridized carbons (Fsp3) is 0.158. The summed E-state index contributed by atoms with van der Waals surface area (Å²) in [6.45, 7) is 4.63. The van der Waals surface area contributed by atoms with Gasteiger partial charge >= 0.3 is 0 Å². The molecule has 0 aliphatic heterocycles. The summed E-state index contributed by atoms with van der Waals surface area (Å²) >= 11 is 1.34. The molecule has 0 fully saturated rings. The van der Waals surface area contributed by atoms with E-state index >= 15 is 0 Å². The third-order valence-corrected chi connectivity index (χ3v) is 4.50. The lowest BCUT2D eigenvalue weighted by atomic mass is 10.0. The Hall–Kier alpha value is -2.46. The van der Waals surface area contributed by atoms with Gasteiger partial charge in [0.2, 0.25) is 0 Å². The molecule has 116 valence electrons. The molecule has 23 heavy (non-hydrogen) atoms. The van der Waals surface area contributed by atoms with Crippen LogP contribution in [0.2, 0.25) is 0 Å². The van der Waals surface area contributed by atoms with Crippen molar-refractivity contribution in [3.8, 4) is 17.0 Å². The first-order chi connectivity index (χ1) is 11.2. The lowest BCUT2D eigenvalue weighted by Gasteiger charge is -2.13. The van der Waals surface area contributed by atoms with E-state index in [0.717, 1.165) is 28.9 Å². The molecule has 0 aliphatic carbocycles. The van der Waals surface area contributed by atoms with E-state index in [1.165, 1.54) is 22.5 Å². The van der Waals surface area contributed by atoms with Crippen molar-refractivity contribution in [3.63, 3.8) is 0 Å². The topological polar surface area (TPSA) is 39.2 Å². The van der Waals surface area contributed by atoms with Crippen LogP contribution in [0.1, 0.15) is 26.5 Å². The number of aromatic nitrogens is 1. The molecule has 4 heteroatoms. The van der Waals surface area contributed by atoms with E-state index in [1.54, 1.807) is 0 Å². The van der Waals surface area contributed by atoms with Crippen molar-refractivity contribution in [1.82, 2.24) is 4.98 Å². The third-order valence-electron chi connectivity index (χ3n) is 3.73. The Morgan fingerprint density at radius 1 is 1.13 bits per heavy atom. The Kier molecular flexibility index (Phi) is 4.53. The van der Waals surface area contributed by atoms with Crippen molar-refractivity contribution < 1.29 is 9.53 Å². The number of nitrogens with zero attached hydrogens (tertiary/aromatic N) is 1. The third kappa shape index (κ3) is 3.48. The van der Waals surface area contributed by atoms with Crippen LogP contribution in [0.5, 0.6) is 5.75 Å². The predicted molar refractivity (Wildman–Crippen MR) is 93.2 cm³/mol. The van der Waals surface area contributed by atoms with Crippen LogP contribution < -0.4 is 4.74 Å². The Balaban J connectivity index is 1.94. The van der Waals surface area contributed by atoms with Gasteiger partial charge in [0.1, 0.15) is 12.4 Å². The zero-order valence-corrected chi connectivity index (χ0v) is 13.9. The van der Waals surface area contributed by atoms with E-state index in [0.29, 0.717) is 11.6 Å². The Morgan fingerprint density at radius 2 is 1.87 bits per heavy atom. The van der Waals surface area contributed by atoms with Gasteiger partial charge in [0.15, 0.2) is 11.3 Å². The summed E-state index contributed by atoms with van der Waals surface area (Å²) in [5, 5.41) is 2.37. The van der Waals surface area contributed by atoms with E-state index in [9.17, 15) is 4.79 Å². The SMILES string of the molecule is Cc1cc(OCc2ccccc2)c(-c2csc(C=O)n2)cc1C. The summed E-state index contributed by atoms with van der Waals surface area (Å²) in [4.78, 5) is 15.2. The first-order valence-electron chi connectivity index (χ1n) is 7.36. The fourth-order valence-corrected chi connectivity index (χ4v) is 2.93. The smallest absolute Gasteiger partial charge is 0.178 e. The number of rotatable bonds is 5. The maximum atomic E-state index is 10.9. The van der Waals surface area contributed by atoms with Gasteiger partial charge < -0.3 is 4.74 Å². The number of benzene rings is 2. The Morgan fingerprint density at radius 3 is 2.57 bits per heavy atom. The van der Waals surface area contributed by atoms with Gasteiger partial charge in [-0.25, -0.2) is 4.98 Å². The van der Waals surface area contributed by atoms with E-state index in [-0.39, 0.29) is 0 Å². The number of hydrogen-bond acceptors (Lipinski definition) is 4. The highest BCUT2D eigenvalue weighted by Gasteiger charge is 2.12. The molecule has 0 spiro atoms. The van der Waals surface area contributed by atoms with Crippen LogP contribution >= 0.6 is 11.3 Å². The van der Waals surface area contributed by atoms with Gasteiger partial charge in [0.25, 0.3) is 0 Å². The molecule has 0 bridgehead atoms. The zero-order chi connectivity index (χ0) is 16.2. The fourth-order valence-electron chi connectivity index (χ4n) is 2.31. The van der Waals surface area contributed by atoms with E-state index in [4.69, 9.17) is 4.74 Å². The summed E-state index contributed by atoms with van der Waals surface area (Å²) in [6, 6.07) is 14.2. The van der Waals surface area contributed by atoms with Crippen LogP contribution in [-0.2, 0) is 6.61 Å². The van der Waals surface area contributed by atoms with Crippen molar-refractivity contribution in [1.29, 1.82) is 0 Å². The second-order valence-electron chi connectivity index (χ2n) is 5.40. The predicted octanol–water partition coefficient (Wildman–Crippen LogP) is 4.82. The average molecular weight is 323 g/mol. The maximum Gasteiger partial charge on any atom is 0.178 e. The van der Waals surface area contributed by atoms with Gasteiger partial charge in [-0.1, -0.05) is 30.3 Å². The van der Waals surface area contributed by atoms with E-state index in [1.807, 2.05) is 41.8 Å². The van der Waals surface area contributed by atoms with E-state index in [2.05, 4.69) is 24.9 Å². The van der Waals surface area contributed by atoms with E-state index < -0.39 is 0 Å². The molecule has 0 unspecified atom stereocenters. The van der Waals surface area contributed by atoms with Crippen LogP contribution in [-0.4, -0.2) is 11.3 Å². The first-order valence-corrected chi connectivity index (χ1v) is 8.24. The lowest BCUT2D eigenvalue weighted by Crippen LogP contribution is -1.98. The molecule has 3 nitrogen and oxygen atoms in total. The summed E-state index contributed by atoms with van der Waals surface area (Å²) in [5.74, 6) is 0.791. The minimum Gasteiger partial charge on any atom is -0.488 e. The molecule has 1 heterocycles. The molecule has 3 aromatic rings. The molecule has 3 rings (SSSR count). The molecule has 0 radical (unpaired) electrons. The minimum atomic E-state index is 0.479. The summed E-state index contributed by atoms with van der Waals surface area (Å²) in [5.41, 5.74) is 5.16. The summed E-state index contributed by atoms with van der Waals surface area (Å²) < 4.78 is 6.03. The molecule has 1 aromatic heterocycles. The normalized spacial score (nSPS) is 10.5. The number of ether oxygens (including phenoxy) is 1. The standard InChI is InChI=1S/C19H17NO2S/c1-13-8-16(17-12-23-19(10-21)20-17)18(9-14(13)2)22-11-15-6-4-3-5-7-15/h3-10,12H,11H2,1-2H3.